The van der Waals surface area contributed by atoms with Crippen LogP contribution in [0.5, 0.6) is 0 Å². The van der Waals surface area contributed by atoms with Crippen molar-refractivity contribution in [3.63, 3.8) is 0 Å². The van der Waals surface area contributed by atoms with E-state index in [-0.39, 0.29) is 0 Å². The highest BCUT2D eigenvalue weighted by molar-refractivity contribution is 4.69. The fourth-order valence-electron chi connectivity index (χ4n) is 1.92. The molecule has 2 atom stereocenters. The molecule has 0 spiro atoms. The Hall–Kier alpha value is -0.0400. The fourth-order valence-corrected chi connectivity index (χ4v) is 1.92. The number of rotatable bonds is 3. The number of ether oxygens (including phenoxy) is 1. The Morgan fingerprint density at radius 3 is 2.75 bits per heavy atom. The summed E-state index contributed by atoms with van der Waals surface area (Å²) in [5, 5.41) is 0. The van der Waals surface area contributed by atoms with Crippen molar-refractivity contribution >= 4 is 0 Å². The summed E-state index contributed by atoms with van der Waals surface area (Å²) in [6, 6.07) is 0. The molecule has 0 radical (unpaired) electrons. The largest absolute Gasteiger partial charge is 0.378 e. The third kappa shape index (κ3) is 3.57. The van der Waals surface area contributed by atoms with Crippen molar-refractivity contribution in [1.29, 1.82) is 0 Å². The second kappa shape index (κ2) is 4.86. The lowest BCUT2D eigenvalue weighted by atomic mass is 9.89. The molecule has 1 aliphatic heterocycles. The van der Waals surface area contributed by atoms with Crippen molar-refractivity contribution in [2.24, 2.45) is 11.8 Å². The maximum atomic E-state index is 5.51. The lowest BCUT2D eigenvalue weighted by molar-refractivity contribution is -0.000167. The molecule has 1 fully saturated rings. The summed E-state index contributed by atoms with van der Waals surface area (Å²) in [5.41, 5.74) is 0. The van der Waals surface area contributed by atoms with Crippen LogP contribution in [0.15, 0.2) is 0 Å². The third-order valence-electron chi connectivity index (χ3n) is 2.75. The van der Waals surface area contributed by atoms with E-state index in [9.17, 15) is 0 Å². The molecule has 1 heterocycles. The zero-order valence-corrected chi connectivity index (χ0v) is 8.68. The Labute approximate surface area is 76.5 Å². The number of hydrogen-bond donors (Lipinski definition) is 0. The maximum Gasteiger partial charge on any atom is 0.0549 e. The fraction of sp³-hybridized carbons (Fsp3) is 1.00. The van der Waals surface area contributed by atoms with E-state index in [1.807, 2.05) is 0 Å². The zero-order valence-electron chi connectivity index (χ0n) is 8.68. The van der Waals surface area contributed by atoms with Gasteiger partial charge in [-0.3, -0.25) is 0 Å². The van der Waals surface area contributed by atoms with Crippen LogP contribution in [0.2, 0.25) is 0 Å². The van der Waals surface area contributed by atoms with E-state index in [0.717, 1.165) is 18.4 Å². The van der Waals surface area contributed by atoms with Crippen LogP contribution in [0.1, 0.15) is 46.5 Å². The monoisotopic (exact) mass is 170 g/mol. The molecule has 72 valence electrons. The quantitative estimate of drug-likeness (QED) is 0.632. The molecule has 1 heteroatoms. The predicted octanol–water partition coefficient (Wildman–Crippen LogP) is 3.24. The van der Waals surface area contributed by atoms with Crippen molar-refractivity contribution in [2.45, 2.75) is 52.6 Å². The first-order valence-corrected chi connectivity index (χ1v) is 5.30. The topological polar surface area (TPSA) is 9.23 Å². The zero-order chi connectivity index (χ0) is 8.97. The molecule has 1 nitrogen and oxygen atoms in total. The molecule has 0 N–H and O–H groups in total. The highest BCUT2D eigenvalue weighted by Crippen LogP contribution is 2.25. The first kappa shape index (κ1) is 10.0. The SMILES string of the molecule is CC(C)CCC1CCOC(C)C1. The van der Waals surface area contributed by atoms with E-state index in [1.54, 1.807) is 0 Å². The molecular weight excluding hydrogens is 148 g/mol. The van der Waals surface area contributed by atoms with E-state index in [0.29, 0.717) is 6.10 Å². The van der Waals surface area contributed by atoms with Gasteiger partial charge in [-0.05, 0) is 31.6 Å². The molecular formula is C11H22O. The van der Waals surface area contributed by atoms with Gasteiger partial charge in [0.2, 0.25) is 0 Å². The summed E-state index contributed by atoms with van der Waals surface area (Å²) in [6.45, 7) is 7.80. The van der Waals surface area contributed by atoms with Gasteiger partial charge in [-0.25, -0.2) is 0 Å². The Morgan fingerprint density at radius 2 is 2.17 bits per heavy atom. The van der Waals surface area contributed by atoms with Gasteiger partial charge >= 0.3 is 0 Å². The second-order valence-electron chi connectivity index (χ2n) is 4.54. The summed E-state index contributed by atoms with van der Waals surface area (Å²) in [7, 11) is 0. The Bertz CT molecular complexity index is 120. The van der Waals surface area contributed by atoms with E-state index < -0.39 is 0 Å². The summed E-state index contributed by atoms with van der Waals surface area (Å²) in [6.07, 6.45) is 5.88. The smallest absolute Gasteiger partial charge is 0.0549 e. The minimum absolute atomic E-state index is 0.510. The summed E-state index contributed by atoms with van der Waals surface area (Å²) in [4.78, 5) is 0. The molecule has 0 aromatic carbocycles. The van der Waals surface area contributed by atoms with Gasteiger partial charge in [0.25, 0.3) is 0 Å². The minimum atomic E-state index is 0.510. The summed E-state index contributed by atoms with van der Waals surface area (Å²) in [5.74, 6) is 1.80. The standard InChI is InChI=1S/C11H22O/c1-9(2)4-5-11-6-7-12-10(3)8-11/h9-11H,4-8H2,1-3H3. The van der Waals surface area contributed by atoms with Gasteiger partial charge in [-0.2, -0.15) is 0 Å². The van der Waals surface area contributed by atoms with Gasteiger partial charge in [-0.15, -0.1) is 0 Å². The van der Waals surface area contributed by atoms with Crippen LogP contribution < -0.4 is 0 Å². The molecule has 0 aliphatic carbocycles. The molecule has 12 heavy (non-hydrogen) atoms. The van der Waals surface area contributed by atoms with Crippen molar-refractivity contribution < 1.29 is 4.74 Å². The minimum Gasteiger partial charge on any atom is -0.378 e. The summed E-state index contributed by atoms with van der Waals surface area (Å²) >= 11 is 0. The van der Waals surface area contributed by atoms with Gasteiger partial charge in [0, 0.05) is 6.61 Å². The van der Waals surface area contributed by atoms with E-state index in [4.69, 9.17) is 4.74 Å². The highest BCUT2D eigenvalue weighted by atomic mass is 16.5. The third-order valence-corrected chi connectivity index (χ3v) is 2.75. The molecule has 1 saturated heterocycles. The van der Waals surface area contributed by atoms with Crippen molar-refractivity contribution in [3.05, 3.63) is 0 Å². The van der Waals surface area contributed by atoms with E-state index in [1.165, 1.54) is 25.7 Å². The van der Waals surface area contributed by atoms with Crippen LogP contribution in [0.3, 0.4) is 0 Å². The molecule has 0 bridgehead atoms. The van der Waals surface area contributed by atoms with Gasteiger partial charge in [0.15, 0.2) is 0 Å². The van der Waals surface area contributed by atoms with Gasteiger partial charge < -0.3 is 4.74 Å². The average molecular weight is 170 g/mol. The molecule has 0 aromatic rings. The van der Waals surface area contributed by atoms with Gasteiger partial charge in [0.05, 0.1) is 6.10 Å². The van der Waals surface area contributed by atoms with Crippen LogP contribution >= 0.6 is 0 Å². The highest BCUT2D eigenvalue weighted by Gasteiger charge is 2.18. The molecule has 0 aromatic heterocycles. The lowest BCUT2D eigenvalue weighted by Gasteiger charge is -2.27. The van der Waals surface area contributed by atoms with Crippen molar-refractivity contribution in [1.82, 2.24) is 0 Å². The number of hydrogen-bond acceptors (Lipinski definition) is 1. The van der Waals surface area contributed by atoms with E-state index in [2.05, 4.69) is 20.8 Å². The summed E-state index contributed by atoms with van der Waals surface area (Å²) < 4.78 is 5.51. The first-order chi connectivity index (χ1) is 5.68. The van der Waals surface area contributed by atoms with Gasteiger partial charge in [0.1, 0.15) is 0 Å². The molecule has 1 rings (SSSR count). The second-order valence-corrected chi connectivity index (χ2v) is 4.54. The normalized spacial score (nSPS) is 31.0. The Kier molecular flexibility index (Phi) is 4.07. The van der Waals surface area contributed by atoms with Crippen LogP contribution in [-0.2, 0) is 4.74 Å². The van der Waals surface area contributed by atoms with Crippen molar-refractivity contribution in [2.75, 3.05) is 6.61 Å². The molecule has 1 aliphatic rings. The molecule has 0 saturated carbocycles. The molecule has 0 amide bonds. The van der Waals surface area contributed by atoms with Crippen LogP contribution in [0.25, 0.3) is 0 Å². The van der Waals surface area contributed by atoms with Crippen LogP contribution in [0, 0.1) is 11.8 Å². The lowest BCUT2D eigenvalue weighted by Crippen LogP contribution is -2.23. The van der Waals surface area contributed by atoms with E-state index >= 15 is 0 Å². The van der Waals surface area contributed by atoms with Crippen LogP contribution in [0.4, 0.5) is 0 Å². The average Bonchev–Trinajstić information content (AvgIpc) is 2.01. The molecule has 2 unspecified atom stereocenters. The Morgan fingerprint density at radius 1 is 1.42 bits per heavy atom. The van der Waals surface area contributed by atoms with Crippen molar-refractivity contribution in [3.8, 4) is 0 Å². The van der Waals surface area contributed by atoms with Crippen LogP contribution in [-0.4, -0.2) is 12.7 Å². The predicted molar refractivity (Wildman–Crippen MR) is 52.2 cm³/mol. The Balaban J connectivity index is 2.14. The maximum absolute atomic E-state index is 5.51. The first-order valence-electron chi connectivity index (χ1n) is 5.30. The van der Waals surface area contributed by atoms with Gasteiger partial charge in [-0.1, -0.05) is 26.7 Å².